The van der Waals surface area contributed by atoms with Gasteiger partial charge in [0.05, 0.1) is 19.8 Å². The number of hydrogen-bond acceptors (Lipinski definition) is 4. The van der Waals surface area contributed by atoms with Gasteiger partial charge in [-0.3, -0.25) is 9.69 Å². The van der Waals surface area contributed by atoms with Crippen molar-refractivity contribution in [3.05, 3.63) is 65.2 Å². The number of nitrogens with one attached hydrogen (secondary N) is 2. The highest BCUT2D eigenvalue weighted by Crippen LogP contribution is 2.18. The second kappa shape index (κ2) is 10.6. The van der Waals surface area contributed by atoms with Gasteiger partial charge in [0, 0.05) is 37.5 Å². The molecule has 0 radical (unpaired) electrons. The monoisotopic (exact) mass is 397 g/mol. The Morgan fingerprint density at radius 2 is 1.90 bits per heavy atom. The highest BCUT2D eigenvalue weighted by atomic mass is 16.5. The minimum atomic E-state index is -0.176. The van der Waals surface area contributed by atoms with E-state index in [2.05, 4.69) is 10.6 Å². The predicted molar refractivity (Wildman–Crippen MR) is 111 cm³/mol. The van der Waals surface area contributed by atoms with Gasteiger partial charge in [-0.05, 0) is 36.2 Å². The highest BCUT2D eigenvalue weighted by Gasteiger charge is 2.21. The van der Waals surface area contributed by atoms with Gasteiger partial charge in [0.25, 0.3) is 5.91 Å². The Kier molecular flexibility index (Phi) is 7.61. The molecule has 0 atom stereocenters. The highest BCUT2D eigenvalue weighted by molar-refractivity contribution is 5.98. The first-order valence-corrected chi connectivity index (χ1v) is 9.84. The number of hydrogen-bond donors (Lipinski definition) is 2. The SMILES string of the molecule is CCOCCOCc1cccc(CNC(=O)c2cccc(N3CCNC3=O)c2)c1. The van der Waals surface area contributed by atoms with E-state index in [1.54, 1.807) is 23.1 Å². The molecule has 29 heavy (non-hydrogen) atoms. The summed E-state index contributed by atoms with van der Waals surface area (Å²) in [6, 6.07) is 14.9. The average molecular weight is 397 g/mol. The lowest BCUT2D eigenvalue weighted by Crippen LogP contribution is -2.28. The number of ether oxygens (including phenoxy) is 2. The van der Waals surface area contributed by atoms with E-state index in [0.29, 0.717) is 51.6 Å². The van der Waals surface area contributed by atoms with Crippen molar-refractivity contribution in [1.82, 2.24) is 10.6 Å². The largest absolute Gasteiger partial charge is 0.379 e. The Bertz CT molecular complexity index is 840. The van der Waals surface area contributed by atoms with Gasteiger partial charge in [-0.15, -0.1) is 0 Å². The molecule has 0 aromatic heterocycles. The molecular weight excluding hydrogens is 370 g/mol. The van der Waals surface area contributed by atoms with Gasteiger partial charge in [0.1, 0.15) is 0 Å². The fourth-order valence-electron chi connectivity index (χ4n) is 3.10. The van der Waals surface area contributed by atoms with Crippen LogP contribution in [0.15, 0.2) is 48.5 Å². The first-order chi connectivity index (χ1) is 14.2. The number of nitrogens with zero attached hydrogens (tertiary/aromatic N) is 1. The molecule has 0 unspecified atom stereocenters. The molecule has 1 saturated heterocycles. The maximum absolute atomic E-state index is 12.6. The van der Waals surface area contributed by atoms with E-state index in [0.717, 1.165) is 16.8 Å². The third-order valence-corrected chi connectivity index (χ3v) is 4.57. The summed E-state index contributed by atoms with van der Waals surface area (Å²) in [6.07, 6.45) is 0. The van der Waals surface area contributed by atoms with Crippen molar-refractivity contribution < 1.29 is 19.1 Å². The van der Waals surface area contributed by atoms with Gasteiger partial charge < -0.3 is 20.1 Å². The van der Waals surface area contributed by atoms with E-state index in [4.69, 9.17) is 9.47 Å². The quantitative estimate of drug-likeness (QED) is 0.604. The van der Waals surface area contributed by atoms with Crippen LogP contribution in [0.25, 0.3) is 0 Å². The number of urea groups is 1. The van der Waals surface area contributed by atoms with Crippen LogP contribution >= 0.6 is 0 Å². The maximum Gasteiger partial charge on any atom is 0.321 e. The van der Waals surface area contributed by atoms with Gasteiger partial charge in [-0.1, -0.05) is 30.3 Å². The van der Waals surface area contributed by atoms with Crippen molar-refractivity contribution in [2.45, 2.75) is 20.1 Å². The fraction of sp³-hybridized carbons (Fsp3) is 0.364. The molecule has 0 spiro atoms. The lowest BCUT2D eigenvalue weighted by molar-refractivity contribution is 0.0453. The normalized spacial score (nSPS) is 13.4. The van der Waals surface area contributed by atoms with Crippen LogP contribution in [0.2, 0.25) is 0 Å². The van der Waals surface area contributed by atoms with Crippen LogP contribution in [0.3, 0.4) is 0 Å². The van der Waals surface area contributed by atoms with Crippen molar-refractivity contribution in [2.24, 2.45) is 0 Å². The third kappa shape index (κ3) is 6.04. The lowest BCUT2D eigenvalue weighted by atomic mass is 10.1. The summed E-state index contributed by atoms with van der Waals surface area (Å²) < 4.78 is 10.8. The molecule has 2 aromatic rings. The van der Waals surface area contributed by atoms with Crippen molar-refractivity contribution >= 4 is 17.6 Å². The van der Waals surface area contributed by atoms with E-state index < -0.39 is 0 Å². The number of carbonyl (C=O) groups is 2. The number of anilines is 1. The van der Waals surface area contributed by atoms with Crippen molar-refractivity contribution in [2.75, 3.05) is 37.8 Å². The summed E-state index contributed by atoms with van der Waals surface area (Å²) in [6.45, 7) is 5.92. The van der Waals surface area contributed by atoms with Gasteiger partial charge in [-0.25, -0.2) is 4.79 Å². The Hall–Kier alpha value is -2.90. The first-order valence-electron chi connectivity index (χ1n) is 9.84. The van der Waals surface area contributed by atoms with E-state index in [1.807, 2.05) is 37.3 Å². The minimum absolute atomic E-state index is 0.136. The van der Waals surface area contributed by atoms with Crippen molar-refractivity contribution in [1.29, 1.82) is 0 Å². The van der Waals surface area contributed by atoms with Crippen LogP contribution in [0.4, 0.5) is 10.5 Å². The van der Waals surface area contributed by atoms with E-state index in [-0.39, 0.29) is 11.9 Å². The molecule has 154 valence electrons. The molecule has 1 aliphatic heterocycles. The predicted octanol–water partition coefficient (Wildman–Crippen LogP) is 2.70. The number of benzene rings is 2. The maximum atomic E-state index is 12.6. The average Bonchev–Trinajstić information content (AvgIpc) is 3.18. The standard InChI is InChI=1S/C22H27N3O4/c1-2-28-11-12-29-16-18-6-3-5-17(13-18)15-24-21(26)19-7-4-8-20(14-19)25-10-9-23-22(25)27/h3-8,13-14H,2,9-12,15-16H2,1H3,(H,23,27)(H,24,26). The zero-order chi connectivity index (χ0) is 20.5. The molecular formula is C22H27N3O4. The van der Waals surface area contributed by atoms with Gasteiger partial charge in [-0.2, -0.15) is 0 Å². The Morgan fingerprint density at radius 3 is 2.69 bits per heavy atom. The van der Waals surface area contributed by atoms with Crippen LogP contribution in [-0.4, -0.2) is 44.8 Å². The number of rotatable bonds is 10. The van der Waals surface area contributed by atoms with Crippen LogP contribution < -0.4 is 15.5 Å². The summed E-state index contributed by atoms with van der Waals surface area (Å²) in [4.78, 5) is 26.0. The minimum Gasteiger partial charge on any atom is -0.379 e. The van der Waals surface area contributed by atoms with Crippen LogP contribution in [-0.2, 0) is 22.6 Å². The molecule has 3 amide bonds. The molecule has 7 heteroatoms. The molecule has 0 bridgehead atoms. The fourth-order valence-corrected chi connectivity index (χ4v) is 3.10. The molecule has 1 heterocycles. The smallest absolute Gasteiger partial charge is 0.321 e. The zero-order valence-electron chi connectivity index (χ0n) is 16.6. The Balaban J connectivity index is 1.53. The van der Waals surface area contributed by atoms with E-state index in [9.17, 15) is 9.59 Å². The molecule has 0 saturated carbocycles. The Labute approximate surface area is 171 Å². The van der Waals surface area contributed by atoms with Crippen LogP contribution in [0.5, 0.6) is 0 Å². The molecule has 1 aliphatic rings. The van der Waals surface area contributed by atoms with Crippen LogP contribution in [0.1, 0.15) is 28.4 Å². The lowest BCUT2D eigenvalue weighted by Gasteiger charge is -2.15. The van der Waals surface area contributed by atoms with Crippen molar-refractivity contribution in [3.63, 3.8) is 0 Å². The topological polar surface area (TPSA) is 79.9 Å². The molecule has 2 N–H and O–H groups in total. The summed E-state index contributed by atoms with van der Waals surface area (Å²) in [5.41, 5.74) is 3.30. The summed E-state index contributed by atoms with van der Waals surface area (Å²) in [7, 11) is 0. The van der Waals surface area contributed by atoms with E-state index in [1.165, 1.54) is 0 Å². The van der Waals surface area contributed by atoms with Crippen molar-refractivity contribution in [3.8, 4) is 0 Å². The first kappa shape index (κ1) is 20.8. The van der Waals surface area contributed by atoms with E-state index >= 15 is 0 Å². The summed E-state index contributed by atoms with van der Waals surface area (Å²) in [5, 5.41) is 5.70. The summed E-state index contributed by atoms with van der Waals surface area (Å²) in [5.74, 6) is -0.176. The van der Waals surface area contributed by atoms with Gasteiger partial charge in [0.2, 0.25) is 0 Å². The summed E-state index contributed by atoms with van der Waals surface area (Å²) >= 11 is 0. The second-order valence-corrected chi connectivity index (χ2v) is 6.69. The van der Waals surface area contributed by atoms with Crippen LogP contribution in [0, 0.1) is 0 Å². The Morgan fingerprint density at radius 1 is 1.10 bits per heavy atom. The third-order valence-electron chi connectivity index (χ3n) is 4.57. The second-order valence-electron chi connectivity index (χ2n) is 6.69. The molecule has 1 fully saturated rings. The molecule has 2 aromatic carbocycles. The molecule has 3 rings (SSSR count). The zero-order valence-corrected chi connectivity index (χ0v) is 16.6. The molecule has 0 aliphatic carbocycles. The van der Waals surface area contributed by atoms with Gasteiger partial charge in [0.15, 0.2) is 0 Å². The number of amides is 3. The van der Waals surface area contributed by atoms with Gasteiger partial charge >= 0.3 is 6.03 Å². The molecule has 7 nitrogen and oxygen atoms in total. The number of carbonyl (C=O) groups excluding carboxylic acids is 2.